The van der Waals surface area contributed by atoms with E-state index in [9.17, 15) is 19.7 Å². The van der Waals surface area contributed by atoms with Gasteiger partial charge < -0.3 is 10.2 Å². The molecule has 2 aromatic carbocycles. The second-order valence-electron chi connectivity index (χ2n) is 5.33. The van der Waals surface area contributed by atoms with Crippen molar-refractivity contribution in [2.45, 2.75) is 4.90 Å². The van der Waals surface area contributed by atoms with Gasteiger partial charge in [0.15, 0.2) is 0 Å². The number of nitro benzene ring substituents is 1. The van der Waals surface area contributed by atoms with E-state index >= 15 is 0 Å². The molecule has 0 bridgehead atoms. The summed E-state index contributed by atoms with van der Waals surface area (Å²) in [6.07, 6.45) is 1.89. The third-order valence-corrected chi connectivity index (χ3v) is 4.53. The fraction of sp³-hybridized carbons (Fsp3) is 0.176. The van der Waals surface area contributed by atoms with Crippen molar-refractivity contribution in [2.24, 2.45) is 0 Å². The number of anilines is 1. The number of hydrogen-bond acceptors (Lipinski definition) is 5. The van der Waals surface area contributed by atoms with Gasteiger partial charge in [-0.05, 0) is 30.5 Å². The second kappa shape index (κ2) is 8.68. The summed E-state index contributed by atoms with van der Waals surface area (Å²) in [6, 6.07) is 11.1. The summed E-state index contributed by atoms with van der Waals surface area (Å²) in [6.45, 7) is -0.249. The number of nitrogens with one attached hydrogen (secondary N) is 1. The maximum Gasteiger partial charge on any atom is 0.283 e. The molecule has 9 heteroatoms. The summed E-state index contributed by atoms with van der Waals surface area (Å²) < 4.78 is 0. The molecule has 0 aliphatic carbocycles. The Kier molecular flexibility index (Phi) is 6.59. The molecule has 0 aliphatic rings. The maximum atomic E-state index is 12.5. The van der Waals surface area contributed by atoms with Gasteiger partial charge in [-0.3, -0.25) is 19.7 Å². The number of benzene rings is 2. The first-order valence-corrected chi connectivity index (χ1v) is 9.06. The normalized spacial score (nSPS) is 10.3. The molecule has 0 unspecified atom stereocenters. The lowest BCUT2D eigenvalue weighted by molar-refractivity contribution is -0.385. The number of nitrogens with zero attached hydrogens (tertiary/aromatic N) is 2. The molecule has 0 radical (unpaired) electrons. The molecule has 1 N–H and O–H groups in total. The van der Waals surface area contributed by atoms with Gasteiger partial charge in [0.25, 0.3) is 11.6 Å². The number of rotatable bonds is 6. The molecular formula is C17H16ClN3O4S. The fourth-order valence-electron chi connectivity index (χ4n) is 2.27. The van der Waals surface area contributed by atoms with Crippen LogP contribution < -0.4 is 5.32 Å². The molecule has 0 atom stereocenters. The molecule has 0 spiro atoms. The first-order valence-electron chi connectivity index (χ1n) is 7.45. The predicted molar refractivity (Wildman–Crippen MR) is 102 cm³/mol. The van der Waals surface area contributed by atoms with Gasteiger partial charge >= 0.3 is 0 Å². The number of carbonyl (C=O) groups is 2. The average molecular weight is 394 g/mol. The van der Waals surface area contributed by atoms with Crippen LogP contribution in [0.1, 0.15) is 10.4 Å². The molecule has 7 nitrogen and oxygen atoms in total. The van der Waals surface area contributed by atoms with Crippen LogP contribution in [-0.2, 0) is 4.79 Å². The Morgan fingerprint density at radius 3 is 2.62 bits per heavy atom. The SMILES string of the molecule is CSc1ccccc1NC(=O)CN(C)C(=O)c1ccc(Cl)cc1[N+](=O)[O-]. The third kappa shape index (κ3) is 4.74. The highest BCUT2D eigenvalue weighted by atomic mass is 35.5. The average Bonchev–Trinajstić information content (AvgIpc) is 2.61. The van der Waals surface area contributed by atoms with Crippen LogP contribution in [0.2, 0.25) is 5.02 Å². The van der Waals surface area contributed by atoms with Crippen LogP contribution in [0.25, 0.3) is 0 Å². The molecule has 2 rings (SSSR count). The maximum absolute atomic E-state index is 12.5. The molecule has 0 fully saturated rings. The minimum atomic E-state index is -0.679. The Hall–Kier alpha value is -2.58. The number of nitro groups is 1. The minimum absolute atomic E-state index is 0.126. The number of amides is 2. The zero-order chi connectivity index (χ0) is 19.3. The fourth-order valence-corrected chi connectivity index (χ4v) is 2.99. The quantitative estimate of drug-likeness (QED) is 0.459. The van der Waals surface area contributed by atoms with Crippen molar-refractivity contribution >= 4 is 46.6 Å². The highest BCUT2D eigenvalue weighted by molar-refractivity contribution is 7.98. The van der Waals surface area contributed by atoms with Crippen molar-refractivity contribution in [3.8, 4) is 0 Å². The summed E-state index contributed by atoms with van der Waals surface area (Å²) in [4.78, 5) is 37.2. The van der Waals surface area contributed by atoms with E-state index in [4.69, 9.17) is 11.6 Å². The van der Waals surface area contributed by atoms with E-state index in [0.717, 1.165) is 15.9 Å². The molecule has 0 saturated carbocycles. The molecule has 136 valence electrons. The minimum Gasteiger partial charge on any atom is -0.332 e. The van der Waals surface area contributed by atoms with Gasteiger partial charge in [0.05, 0.1) is 17.2 Å². The van der Waals surface area contributed by atoms with Gasteiger partial charge in [0, 0.05) is 23.0 Å². The van der Waals surface area contributed by atoms with Crippen LogP contribution in [0.4, 0.5) is 11.4 Å². The van der Waals surface area contributed by atoms with E-state index in [1.165, 1.54) is 30.9 Å². The molecule has 2 amide bonds. The number of likely N-dealkylation sites (N-methyl/N-ethyl adjacent to an activating group) is 1. The highest BCUT2D eigenvalue weighted by Gasteiger charge is 2.24. The van der Waals surface area contributed by atoms with Gasteiger partial charge in [-0.2, -0.15) is 0 Å². The number of para-hydroxylation sites is 1. The van der Waals surface area contributed by atoms with E-state index in [-0.39, 0.29) is 17.1 Å². The largest absolute Gasteiger partial charge is 0.332 e. The number of thioether (sulfide) groups is 1. The lowest BCUT2D eigenvalue weighted by atomic mass is 10.1. The summed E-state index contributed by atoms with van der Waals surface area (Å²) >= 11 is 7.24. The van der Waals surface area contributed by atoms with Crippen molar-refractivity contribution in [3.05, 3.63) is 63.2 Å². The molecule has 26 heavy (non-hydrogen) atoms. The molecular weight excluding hydrogens is 378 g/mol. The van der Waals surface area contributed by atoms with Gasteiger partial charge in [-0.25, -0.2) is 0 Å². The summed E-state index contributed by atoms with van der Waals surface area (Å²) in [5.41, 5.74) is 0.116. The van der Waals surface area contributed by atoms with Crippen LogP contribution in [0, 0.1) is 10.1 Å². The van der Waals surface area contributed by atoms with Crippen molar-refractivity contribution in [3.63, 3.8) is 0 Å². The number of hydrogen-bond donors (Lipinski definition) is 1. The van der Waals surface area contributed by atoms with E-state index in [1.807, 2.05) is 18.4 Å². The lowest BCUT2D eigenvalue weighted by Crippen LogP contribution is -2.35. The molecule has 0 heterocycles. The smallest absolute Gasteiger partial charge is 0.283 e. The van der Waals surface area contributed by atoms with Crippen molar-refractivity contribution in [1.29, 1.82) is 0 Å². The zero-order valence-corrected chi connectivity index (χ0v) is 15.6. The number of carbonyl (C=O) groups excluding carboxylic acids is 2. The second-order valence-corrected chi connectivity index (χ2v) is 6.61. The summed E-state index contributed by atoms with van der Waals surface area (Å²) in [5.74, 6) is -1.04. The monoisotopic (exact) mass is 393 g/mol. The van der Waals surface area contributed by atoms with E-state index < -0.39 is 22.4 Å². The Morgan fingerprint density at radius 1 is 1.27 bits per heavy atom. The third-order valence-electron chi connectivity index (χ3n) is 3.50. The zero-order valence-electron chi connectivity index (χ0n) is 14.1. The van der Waals surface area contributed by atoms with Crippen molar-refractivity contribution < 1.29 is 14.5 Å². The topological polar surface area (TPSA) is 92.6 Å². The predicted octanol–water partition coefficient (Wildman–Crippen LogP) is 3.68. The molecule has 0 aromatic heterocycles. The Balaban J connectivity index is 2.12. The van der Waals surface area contributed by atoms with Gasteiger partial charge in [0.2, 0.25) is 5.91 Å². The molecule has 0 aliphatic heterocycles. The van der Waals surface area contributed by atoms with Crippen LogP contribution in [-0.4, -0.2) is 41.5 Å². The molecule has 2 aromatic rings. The first-order chi connectivity index (χ1) is 12.3. The Morgan fingerprint density at radius 2 is 1.96 bits per heavy atom. The highest BCUT2D eigenvalue weighted by Crippen LogP contribution is 2.25. The van der Waals surface area contributed by atoms with Crippen molar-refractivity contribution in [1.82, 2.24) is 4.90 Å². The van der Waals surface area contributed by atoms with Gasteiger partial charge in [0.1, 0.15) is 5.56 Å². The van der Waals surface area contributed by atoms with E-state index in [2.05, 4.69) is 5.32 Å². The van der Waals surface area contributed by atoms with E-state index in [1.54, 1.807) is 12.1 Å². The van der Waals surface area contributed by atoms with Gasteiger partial charge in [-0.1, -0.05) is 23.7 Å². The Labute approximate surface area is 159 Å². The lowest BCUT2D eigenvalue weighted by Gasteiger charge is -2.17. The van der Waals surface area contributed by atoms with Gasteiger partial charge in [-0.15, -0.1) is 11.8 Å². The van der Waals surface area contributed by atoms with Crippen LogP contribution in [0.15, 0.2) is 47.4 Å². The van der Waals surface area contributed by atoms with Crippen LogP contribution >= 0.6 is 23.4 Å². The standard InChI is InChI=1S/C17H16ClN3O4S/c1-20(10-16(22)19-13-5-3-4-6-15(13)26-2)17(23)12-8-7-11(18)9-14(12)21(24)25/h3-9H,10H2,1-2H3,(H,19,22). The molecule has 0 saturated heterocycles. The summed E-state index contributed by atoms with van der Waals surface area (Å²) in [5, 5.41) is 14.0. The summed E-state index contributed by atoms with van der Waals surface area (Å²) in [7, 11) is 1.40. The first kappa shape index (κ1) is 19.7. The van der Waals surface area contributed by atoms with Crippen molar-refractivity contribution in [2.75, 3.05) is 25.2 Å². The van der Waals surface area contributed by atoms with Crippen LogP contribution in [0.5, 0.6) is 0 Å². The number of halogens is 1. The van der Waals surface area contributed by atoms with E-state index in [0.29, 0.717) is 5.69 Å². The van der Waals surface area contributed by atoms with Crippen LogP contribution in [0.3, 0.4) is 0 Å². The Bertz CT molecular complexity index is 860.